The largest absolute Gasteiger partial charge is 0.507 e. The molecule has 1 heterocycles. The fourth-order valence-corrected chi connectivity index (χ4v) is 3.90. The van der Waals surface area contributed by atoms with E-state index < -0.39 is 5.91 Å². The van der Waals surface area contributed by atoms with Crippen LogP contribution in [0, 0.1) is 19.8 Å². The maximum atomic E-state index is 13.2. The van der Waals surface area contributed by atoms with E-state index in [0.717, 1.165) is 29.5 Å². The lowest BCUT2D eigenvalue weighted by atomic mass is 10.0. The Labute approximate surface area is 189 Å². The van der Waals surface area contributed by atoms with Crippen LogP contribution in [0.4, 0.5) is 5.69 Å². The minimum atomic E-state index is -0.391. The van der Waals surface area contributed by atoms with Crippen molar-refractivity contribution in [2.24, 2.45) is 5.92 Å². The summed E-state index contributed by atoms with van der Waals surface area (Å²) in [6.45, 7) is 11.8. The molecule has 0 saturated heterocycles. The van der Waals surface area contributed by atoms with Crippen molar-refractivity contribution in [1.29, 1.82) is 0 Å². The predicted molar refractivity (Wildman–Crippen MR) is 128 cm³/mol. The molecule has 0 saturated carbocycles. The number of nitrogens with one attached hydrogen (secondary N) is 1. The summed E-state index contributed by atoms with van der Waals surface area (Å²) in [6, 6.07) is 10.1. The maximum Gasteiger partial charge on any atom is 0.267 e. The van der Waals surface area contributed by atoms with Crippen LogP contribution < -0.4 is 5.32 Å². The third kappa shape index (κ3) is 4.77. The maximum absolute atomic E-state index is 13.2. The van der Waals surface area contributed by atoms with Gasteiger partial charge in [-0.3, -0.25) is 14.2 Å². The summed E-state index contributed by atoms with van der Waals surface area (Å²) < 4.78 is 1.55. The molecular formula is C25H31ClN2O3. The van der Waals surface area contributed by atoms with Crippen LogP contribution in [0.25, 0.3) is 10.9 Å². The number of aryl methyl sites for hydroxylation is 1. The summed E-state index contributed by atoms with van der Waals surface area (Å²) in [4.78, 5) is 25.6. The van der Waals surface area contributed by atoms with Gasteiger partial charge in [0.2, 0.25) is 5.91 Å². The number of hydrogen-bond donors (Lipinski definition) is 2. The third-order valence-electron chi connectivity index (χ3n) is 5.55. The zero-order valence-electron chi connectivity index (χ0n) is 19.0. The highest BCUT2D eigenvalue weighted by Gasteiger charge is 2.23. The highest BCUT2D eigenvalue weighted by Crippen LogP contribution is 2.32. The fourth-order valence-electron chi connectivity index (χ4n) is 3.65. The number of nitrogens with zero attached hydrogens (tertiary/aromatic N) is 1. The van der Waals surface area contributed by atoms with Gasteiger partial charge in [0.15, 0.2) is 0 Å². The van der Waals surface area contributed by atoms with Crippen molar-refractivity contribution >= 4 is 40.0 Å². The van der Waals surface area contributed by atoms with Gasteiger partial charge in [0.25, 0.3) is 5.91 Å². The molecular weight excluding hydrogens is 412 g/mol. The summed E-state index contributed by atoms with van der Waals surface area (Å²) in [5.41, 5.74) is 3.15. The number of carbonyl (C=O) groups excluding carboxylic acids is 2. The predicted octanol–water partition coefficient (Wildman–Crippen LogP) is 6.71. The molecule has 0 fully saturated rings. The lowest BCUT2D eigenvalue weighted by Crippen LogP contribution is -2.21. The average Bonchev–Trinajstić information content (AvgIpc) is 3.00. The van der Waals surface area contributed by atoms with Crippen molar-refractivity contribution in [2.45, 2.75) is 54.4 Å². The van der Waals surface area contributed by atoms with E-state index in [2.05, 4.69) is 5.32 Å². The monoisotopic (exact) mass is 442 g/mol. The molecule has 0 aliphatic rings. The number of fused-ring (bicyclic) bond motifs is 1. The minimum absolute atomic E-state index is 0.000207. The van der Waals surface area contributed by atoms with Gasteiger partial charge in [0.1, 0.15) is 11.3 Å². The van der Waals surface area contributed by atoms with Crippen LogP contribution in [0.2, 0.25) is 5.02 Å². The molecule has 31 heavy (non-hydrogen) atoms. The quantitative estimate of drug-likeness (QED) is 0.461. The third-order valence-corrected chi connectivity index (χ3v) is 5.87. The Balaban J connectivity index is 0.00000166. The molecule has 6 heteroatoms. The summed E-state index contributed by atoms with van der Waals surface area (Å²) in [7, 11) is 0. The van der Waals surface area contributed by atoms with Crippen molar-refractivity contribution in [3.8, 4) is 5.75 Å². The first kappa shape index (κ1) is 24.5. The number of amides is 1. The molecule has 0 spiro atoms. The van der Waals surface area contributed by atoms with Gasteiger partial charge in [-0.2, -0.15) is 0 Å². The molecule has 0 aliphatic carbocycles. The number of aromatic hydroxyl groups is 1. The van der Waals surface area contributed by atoms with E-state index in [0.29, 0.717) is 11.2 Å². The molecule has 0 aliphatic heterocycles. The average molecular weight is 443 g/mol. The lowest BCUT2D eigenvalue weighted by Gasteiger charge is -2.13. The van der Waals surface area contributed by atoms with Crippen molar-refractivity contribution < 1.29 is 14.7 Å². The van der Waals surface area contributed by atoms with Gasteiger partial charge in [-0.25, -0.2) is 0 Å². The fraction of sp³-hybridized carbons (Fsp3) is 0.360. The number of phenols is 1. The molecule has 166 valence electrons. The molecule has 2 N–H and O–H groups in total. The Bertz CT molecular complexity index is 1080. The Morgan fingerprint density at radius 1 is 1.10 bits per heavy atom. The second-order valence-corrected chi connectivity index (χ2v) is 7.63. The lowest BCUT2D eigenvalue weighted by molar-refractivity contribution is -0.120. The van der Waals surface area contributed by atoms with Crippen molar-refractivity contribution in [1.82, 2.24) is 4.57 Å². The van der Waals surface area contributed by atoms with Gasteiger partial charge < -0.3 is 10.4 Å². The number of halogens is 1. The van der Waals surface area contributed by atoms with Crippen LogP contribution in [-0.2, 0) is 4.79 Å². The second kappa shape index (κ2) is 10.5. The van der Waals surface area contributed by atoms with Gasteiger partial charge >= 0.3 is 0 Å². The summed E-state index contributed by atoms with van der Waals surface area (Å²) >= 11 is 6.18. The SMILES string of the molecule is CC.CCC(CC)C(=O)Nc1ccc2c(c1)c(C)c(C)n2C(=O)c1c(O)cccc1Cl. The Kier molecular flexibility index (Phi) is 8.28. The van der Waals surface area contributed by atoms with Crippen LogP contribution in [0.1, 0.15) is 62.2 Å². The first-order chi connectivity index (χ1) is 14.8. The van der Waals surface area contributed by atoms with Crippen LogP contribution in [0.15, 0.2) is 36.4 Å². The van der Waals surface area contributed by atoms with Gasteiger partial charge in [-0.1, -0.05) is 45.4 Å². The van der Waals surface area contributed by atoms with Gasteiger partial charge in [-0.05, 0) is 62.6 Å². The van der Waals surface area contributed by atoms with Gasteiger partial charge in [0.05, 0.1) is 10.5 Å². The Hall–Kier alpha value is -2.79. The number of aromatic nitrogens is 1. The number of benzene rings is 2. The molecule has 5 nitrogen and oxygen atoms in total. The molecule has 1 aromatic heterocycles. The topological polar surface area (TPSA) is 71.3 Å². The highest BCUT2D eigenvalue weighted by atomic mass is 35.5. The first-order valence-electron chi connectivity index (χ1n) is 10.7. The van der Waals surface area contributed by atoms with E-state index in [1.165, 1.54) is 6.07 Å². The number of rotatable bonds is 5. The molecule has 3 aromatic rings. The Morgan fingerprint density at radius 2 is 1.74 bits per heavy atom. The number of phenolic OH excluding ortho intramolecular Hbond substituents is 1. The van der Waals surface area contributed by atoms with Crippen LogP contribution >= 0.6 is 11.6 Å². The second-order valence-electron chi connectivity index (χ2n) is 7.22. The molecule has 0 atom stereocenters. The smallest absolute Gasteiger partial charge is 0.267 e. The van der Waals surface area contributed by atoms with E-state index >= 15 is 0 Å². The van der Waals surface area contributed by atoms with Gasteiger partial charge in [-0.15, -0.1) is 0 Å². The van der Waals surface area contributed by atoms with E-state index in [4.69, 9.17) is 11.6 Å². The molecule has 1 amide bonds. The normalized spacial score (nSPS) is 10.7. The molecule has 0 unspecified atom stereocenters. The highest BCUT2D eigenvalue weighted by molar-refractivity contribution is 6.34. The van der Waals surface area contributed by atoms with Crippen LogP contribution in [-0.4, -0.2) is 21.5 Å². The molecule has 0 bridgehead atoms. The van der Waals surface area contributed by atoms with Gasteiger partial charge in [0, 0.05) is 22.7 Å². The van der Waals surface area contributed by atoms with E-state index in [1.807, 2.05) is 53.7 Å². The van der Waals surface area contributed by atoms with E-state index in [9.17, 15) is 14.7 Å². The molecule has 2 aromatic carbocycles. The van der Waals surface area contributed by atoms with Crippen LogP contribution in [0.5, 0.6) is 5.75 Å². The van der Waals surface area contributed by atoms with E-state index in [-0.39, 0.29) is 28.2 Å². The number of carbonyl (C=O) groups is 2. The number of anilines is 1. The standard InChI is InChI=1S/C23H25ClN2O3.C2H6/c1-5-15(6-2)22(28)25-16-10-11-19-17(12-16)13(3)14(4)26(19)23(29)21-18(24)8-7-9-20(21)27;1-2/h7-12,15,27H,5-6H2,1-4H3,(H,25,28);1-2H3. The summed E-state index contributed by atoms with van der Waals surface area (Å²) in [5.74, 6) is -0.573. The van der Waals surface area contributed by atoms with Crippen LogP contribution in [0.3, 0.4) is 0 Å². The number of hydrogen-bond acceptors (Lipinski definition) is 3. The Morgan fingerprint density at radius 3 is 2.32 bits per heavy atom. The zero-order chi connectivity index (χ0) is 23.3. The van der Waals surface area contributed by atoms with Crippen molar-refractivity contribution in [2.75, 3.05) is 5.32 Å². The first-order valence-corrected chi connectivity index (χ1v) is 11.1. The summed E-state index contributed by atoms with van der Waals surface area (Å²) in [5, 5.41) is 14.2. The minimum Gasteiger partial charge on any atom is -0.507 e. The summed E-state index contributed by atoms with van der Waals surface area (Å²) in [6.07, 6.45) is 1.57. The van der Waals surface area contributed by atoms with Crippen molar-refractivity contribution in [3.63, 3.8) is 0 Å². The van der Waals surface area contributed by atoms with Crippen molar-refractivity contribution in [3.05, 3.63) is 58.2 Å². The molecule has 3 rings (SSSR count). The molecule has 0 radical (unpaired) electrons. The van der Waals surface area contributed by atoms with E-state index in [1.54, 1.807) is 22.8 Å². The zero-order valence-corrected chi connectivity index (χ0v) is 19.8.